The van der Waals surface area contributed by atoms with E-state index in [1.165, 1.54) is 0 Å². The molecule has 0 bridgehead atoms. The summed E-state index contributed by atoms with van der Waals surface area (Å²) in [6, 6.07) is 9.59. The van der Waals surface area contributed by atoms with E-state index in [0.717, 1.165) is 5.69 Å². The van der Waals surface area contributed by atoms with Gasteiger partial charge in [0.2, 0.25) is 0 Å². The number of anilines is 1. The summed E-state index contributed by atoms with van der Waals surface area (Å²) in [7, 11) is 0. The first-order valence-corrected chi connectivity index (χ1v) is 6.46. The second-order valence-corrected chi connectivity index (χ2v) is 4.47. The molecule has 0 aromatic heterocycles. The first-order chi connectivity index (χ1) is 9.76. The number of para-hydroxylation sites is 1. The van der Waals surface area contributed by atoms with E-state index in [4.69, 9.17) is 11.7 Å². The number of terminal acetylenes is 1. The molecule has 1 aromatic rings. The number of carbonyl (C=O) groups is 1. The molecule has 102 valence electrons. The summed E-state index contributed by atoms with van der Waals surface area (Å²) in [4.78, 5) is 15.6. The Morgan fingerprint density at radius 3 is 2.65 bits per heavy atom. The van der Waals surface area contributed by atoms with Crippen molar-refractivity contribution in [2.45, 2.75) is 0 Å². The molecular formula is C15H16N4O. The SMILES string of the molecule is C#CCNC(=O)N1CCN(c2ccccc2C#N)CC1. The number of rotatable bonds is 2. The maximum Gasteiger partial charge on any atom is 0.318 e. The molecule has 0 radical (unpaired) electrons. The van der Waals surface area contributed by atoms with Crippen LogP contribution in [0.3, 0.4) is 0 Å². The van der Waals surface area contributed by atoms with Gasteiger partial charge < -0.3 is 15.1 Å². The number of nitrogens with zero attached hydrogens (tertiary/aromatic N) is 3. The van der Waals surface area contributed by atoms with E-state index in [0.29, 0.717) is 31.7 Å². The summed E-state index contributed by atoms with van der Waals surface area (Å²) < 4.78 is 0. The predicted molar refractivity (Wildman–Crippen MR) is 77.2 cm³/mol. The Morgan fingerprint density at radius 1 is 1.30 bits per heavy atom. The molecule has 1 aliphatic heterocycles. The van der Waals surface area contributed by atoms with Crippen molar-refractivity contribution in [3.63, 3.8) is 0 Å². The number of hydrogen-bond donors (Lipinski definition) is 1. The van der Waals surface area contributed by atoms with Crippen molar-refractivity contribution in [1.82, 2.24) is 10.2 Å². The highest BCUT2D eigenvalue weighted by Gasteiger charge is 2.21. The fraction of sp³-hybridized carbons (Fsp3) is 0.333. The molecule has 1 saturated heterocycles. The van der Waals surface area contributed by atoms with Crippen molar-refractivity contribution in [1.29, 1.82) is 5.26 Å². The number of nitriles is 1. The normalized spacial score (nSPS) is 14.3. The molecule has 0 unspecified atom stereocenters. The molecule has 1 N–H and O–H groups in total. The minimum Gasteiger partial charge on any atom is -0.367 e. The second-order valence-electron chi connectivity index (χ2n) is 4.47. The highest BCUT2D eigenvalue weighted by atomic mass is 16.2. The molecule has 1 aliphatic rings. The van der Waals surface area contributed by atoms with Gasteiger partial charge in [-0.1, -0.05) is 18.1 Å². The summed E-state index contributed by atoms with van der Waals surface area (Å²) in [5, 5.41) is 11.8. The Morgan fingerprint density at radius 2 is 2.00 bits per heavy atom. The number of piperazine rings is 1. The monoisotopic (exact) mass is 268 g/mol. The van der Waals surface area contributed by atoms with Gasteiger partial charge in [-0.05, 0) is 12.1 Å². The Kier molecular flexibility index (Phi) is 4.47. The Hall–Kier alpha value is -2.66. The standard InChI is InChI=1S/C15H16N4O/c1-2-7-17-15(20)19-10-8-18(9-11-19)14-6-4-3-5-13(14)12-16/h1,3-6H,7-11H2,(H,17,20). The molecule has 0 saturated carbocycles. The van der Waals surface area contributed by atoms with Crippen LogP contribution in [0.2, 0.25) is 0 Å². The summed E-state index contributed by atoms with van der Waals surface area (Å²) in [6.45, 7) is 2.91. The van der Waals surface area contributed by atoms with Crippen molar-refractivity contribution in [3.05, 3.63) is 29.8 Å². The molecule has 1 aromatic carbocycles. The van der Waals surface area contributed by atoms with Crippen LogP contribution in [0.15, 0.2) is 24.3 Å². The van der Waals surface area contributed by atoms with Crippen LogP contribution >= 0.6 is 0 Å². The smallest absolute Gasteiger partial charge is 0.318 e. The van der Waals surface area contributed by atoms with Gasteiger partial charge in [-0.3, -0.25) is 0 Å². The average Bonchev–Trinajstić information content (AvgIpc) is 2.52. The predicted octanol–water partition coefficient (Wildman–Crippen LogP) is 1.02. The summed E-state index contributed by atoms with van der Waals surface area (Å²) in [5.41, 5.74) is 1.59. The number of urea groups is 1. The highest BCUT2D eigenvalue weighted by Crippen LogP contribution is 2.20. The molecular weight excluding hydrogens is 252 g/mol. The van der Waals surface area contributed by atoms with Crippen LogP contribution in [0.1, 0.15) is 5.56 Å². The molecule has 2 amide bonds. The quantitative estimate of drug-likeness (QED) is 0.815. The summed E-state index contributed by atoms with van der Waals surface area (Å²) in [6.07, 6.45) is 5.11. The summed E-state index contributed by atoms with van der Waals surface area (Å²) in [5.74, 6) is 2.38. The zero-order valence-electron chi connectivity index (χ0n) is 11.2. The maximum absolute atomic E-state index is 11.8. The second kappa shape index (κ2) is 6.49. The summed E-state index contributed by atoms with van der Waals surface area (Å²) >= 11 is 0. The minimum atomic E-state index is -0.129. The van der Waals surface area contributed by atoms with Gasteiger partial charge in [0.1, 0.15) is 6.07 Å². The van der Waals surface area contributed by atoms with E-state index in [2.05, 4.69) is 22.2 Å². The zero-order chi connectivity index (χ0) is 14.4. The van der Waals surface area contributed by atoms with Crippen molar-refractivity contribution in [3.8, 4) is 18.4 Å². The Bertz CT molecular complexity index is 562. The van der Waals surface area contributed by atoms with Crippen LogP contribution in [-0.2, 0) is 0 Å². The van der Waals surface area contributed by atoms with Crippen molar-refractivity contribution in [2.24, 2.45) is 0 Å². The van der Waals surface area contributed by atoms with Crippen LogP contribution in [0.25, 0.3) is 0 Å². The molecule has 20 heavy (non-hydrogen) atoms. The van der Waals surface area contributed by atoms with E-state index in [1.807, 2.05) is 18.2 Å². The molecule has 0 atom stereocenters. The molecule has 0 aliphatic carbocycles. The van der Waals surface area contributed by atoms with Crippen molar-refractivity contribution in [2.75, 3.05) is 37.6 Å². The lowest BCUT2D eigenvalue weighted by Crippen LogP contribution is -2.52. The number of amides is 2. The molecule has 1 fully saturated rings. The minimum absolute atomic E-state index is 0.129. The first kappa shape index (κ1) is 13.8. The molecule has 0 spiro atoms. The van der Waals surface area contributed by atoms with E-state index < -0.39 is 0 Å². The Labute approximate surface area is 118 Å². The van der Waals surface area contributed by atoms with Gasteiger partial charge >= 0.3 is 6.03 Å². The highest BCUT2D eigenvalue weighted by molar-refractivity contribution is 5.75. The zero-order valence-corrected chi connectivity index (χ0v) is 11.2. The van der Waals surface area contributed by atoms with E-state index >= 15 is 0 Å². The van der Waals surface area contributed by atoms with Crippen LogP contribution in [0.5, 0.6) is 0 Å². The third-order valence-electron chi connectivity index (χ3n) is 3.27. The molecule has 2 rings (SSSR count). The van der Waals surface area contributed by atoms with Crippen LogP contribution in [0.4, 0.5) is 10.5 Å². The third-order valence-corrected chi connectivity index (χ3v) is 3.27. The fourth-order valence-electron chi connectivity index (χ4n) is 2.23. The van der Waals surface area contributed by atoms with Gasteiger partial charge in [-0.25, -0.2) is 4.79 Å². The lowest BCUT2D eigenvalue weighted by Gasteiger charge is -2.36. The molecule has 1 heterocycles. The number of hydrogen-bond acceptors (Lipinski definition) is 3. The van der Waals surface area contributed by atoms with Gasteiger partial charge in [-0.15, -0.1) is 6.42 Å². The van der Waals surface area contributed by atoms with Crippen LogP contribution < -0.4 is 10.2 Å². The van der Waals surface area contributed by atoms with E-state index in [-0.39, 0.29) is 12.6 Å². The maximum atomic E-state index is 11.8. The van der Waals surface area contributed by atoms with Crippen LogP contribution in [0, 0.1) is 23.7 Å². The van der Waals surface area contributed by atoms with Crippen molar-refractivity contribution >= 4 is 11.7 Å². The number of carbonyl (C=O) groups excluding carboxylic acids is 1. The first-order valence-electron chi connectivity index (χ1n) is 6.46. The van der Waals surface area contributed by atoms with Gasteiger partial charge in [0.05, 0.1) is 17.8 Å². The van der Waals surface area contributed by atoms with Gasteiger partial charge in [0.25, 0.3) is 0 Å². The largest absolute Gasteiger partial charge is 0.367 e. The van der Waals surface area contributed by atoms with Gasteiger partial charge in [0, 0.05) is 26.2 Å². The topological polar surface area (TPSA) is 59.4 Å². The lowest BCUT2D eigenvalue weighted by molar-refractivity contribution is 0.195. The molecule has 5 heteroatoms. The van der Waals surface area contributed by atoms with Gasteiger partial charge in [-0.2, -0.15) is 5.26 Å². The number of nitrogens with one attached hydrogen (secondary N) is 1. The van der Waals surface area contributed by atoms with Crippen LogP contribution in [-0.4, -0.2) is 43.7 Å². The van der Waals surface area contributed by atoms with E-state index in [1.54, 1.807) is 11.0 Å². The fourth-order valence-corrected chi connectivity index (χ4v) is 2.23. The number of benzene rings is 1. The Balaban J connectivity index is 1.96. The van der Waals surface area contributed by atoms with E-state index in [9.17, 15) is 4.79 Å². The average molecular weight is 268 g/mol. The molecule has 5 nitrogen and oxygen atoms in total. The van der Waals surface area contributed by atoms with Crippen molar-refractivity contribution < 1.29 is 4.79 Å². The lowest BCUT2D eigenvalue weighted by atomic mass is 10.1. The van der Waals surface area contributed by atoms with Gasteiger partial charge in [0.15, 0.2) is 0 Å². The third kappa shape index (κ3) is 3.02.